The van der Waals surface area contributed by atoms with E-state index in [2.05, 4.69) is 18.8 Å². The zero-order chi connectivity index (χ0) is 7.82. The van der Waals surface area contributed by atoms with E-state index in [1.54, 1.807) is 0 Å². The highest BCUT2D eigenvalue weighted by Gasteiger charge is 1.96. The summed E-state index contributed by atoms with van der Waals surface area (Å²) in [5, 5.41) is 0. The highest BCUT2D eigenvalue weighted by Crippen LogP contribution is 2.01. The highest BCUT2D eigenvalue weighted by atomic mass is 32.2. The molecule has 0 fully saturated rings. The molecule has 0 amide bonds. The van der Waals surface area contributed by atoms with Crippen LogP contribution < -0.4 is 5.73 Å². The molecule has 0 aliphatic heterocycles. The summed E-state index contributed by atoms with van der Waals surface area (Å²) >= 11 is 1.81. The molecule has 0 bridgehead atoms. The predicted molar refractivity (Wildman–Crippen MR) is 49.0 cm³/mol. The Labute approximate surface area is 67.8 Å². The summed E-state index contributed by atoms with van der Waals surface area (Å²) in [5.41, 5.74) is 5.69. The van der Waals surface area contributed by atoms with Crippen molar-refractivity contribution in [2.24, 2.45) is 5.73 Å². The molecule has 2 N–H and O–H groups in total. The lowest BCUT2D eigenvalue weighted by atomic mass is 10.3. The van der Waals surface area contributed by atoms with Gasteiger partial charge in [-0.05, 0) is 13.3 Å². The molecule has 10 heavy (non-hydrogen) atoms. The molecule has 0 saturated carbocycles. The van der Waals surface area contributed by atoms with Gasteiger partial charge in [0.05, 0.1) is 5.75 Å². The van der Waals surface area contributed by atoms with Crippen LogP contribution in [0.25, 0.3) is 0 Å². The number of nitrogens with two attached hydrogens (primary N) is 1. The lowest BCUT2D eigenvalue weighted by Gasteiger charge is -2.04. The van der Waals surface area contributed by atoms with E-state index >= 15 is 0 Å². The molecule has 0 spiro atoms. The largest absolute Gasteiger partial charge is 0.327 e. The maximum atomic E-state index is 5.69. The molecule has 1 nitrogen and oxygen atoms in total. The first-order chi connectivity index (χ1) is 4.81. The van der Waals surface area contributed by atoms with E-state index < -0.39 is 0 Å². The Hall–Kier alpha value is -0.130. The minimum absolute atomic E-state index is 0.351. The lowest BCUT2D eigenvalue weighted by molar-refractivity contribution is 0.725. The van der Waals surface area contributed by atoms with Crippen LogP contribution in [-0.2, 0) is 0 Å². The number of hydrogen-bond acceptors (Lipinski definition) is 2. The van der Waals surface area contributed by atoms with E-state index in [0.29, 0.717) is 6.04 Å². The van der Waals surface area contributed by atoms with Crippen LogP contribution in [0, 0.1) is 11.8 Å². The van der Waals surface area contributed by atoms with Gasteiger partial charge in [0.1, 0.15) is 0 Å². The normalized spacial score (nSPS) is 11.9. The average molecular weight is 157 g/mol. The number of thioether (sulfide) groups is 1. The Morgan fingerprint density at radius 3 is 2.80 bits per heavy atom. The van der Waals surface area contributed by atoms with Gasteiger partial charge in [-0.25, -0.2) is 0 Å². The van der Waals surface area contributed by atoms with E-state index in [1.807, 2.05) is 18.7 Å². The van der Waals surface area contributed by atoms with E-state index in [-0.39, 0.29) is 0 Å². The Morgan fingerprint density at radius 2 is 2.30 bits per heavy atom. The molecule has 0 aliphatic rings. The first-order valence-corrected chi connectivity index (χ1v) is 4.69. The van der Waals surface area contributed by atoms with Crippen LogP contribution in [0.15, 0.2) is 0 Å². The fraction of sp³-hybridized carbons (Fsp3) is 0.750. The molecule has 58 valence electrons. The SMILES string of the molecule is CC#CCSCC(N)CC. The second-order valence-electron chi connectivity index (χ2n) is 2.11. The summed E-state index contributed by atoms with van der Waals surface area (Å²) < 4.78 is 0. The van der Waals surface area contributed by atoms with Gasteiger partial charge in [0.2, 0.25) is 0 Å². The molecule has 0 aromatic heterocycles. The molecule has 1 unspecified atom stereocenters. The maximum absolute atomic E-state index is 5.69. The third-order valence-corrected chi connectivity index (χ3v) is 2.22. The third kappa shape index (κ3) is 6.00. The van der Waals surface area contributed by atoms with Crippen molar-refractivity contribution in [2.75, 3.05) is 11.5 Å². The summed E-state index contributed by atoms with van der Waals surface area (Å²) in [6.07, 6.45) is 1.06. The van der Waals surface area contributed by atoms with Gasteiger partial charge in [0.15, 0.2) is 0 Å². The summed E-state index contributed by atoms with van der Waals surface area (Å²) in [4.78, 5) is 0. The summed E-state index contributed by atoms with van der Waals surface area (Å²) in [6.45, 7) is 3.97. The molecule has 0 aliphatic carbocycles. The van der Waals surface area contributed by atoms with Crippen molar-refractivity contribution in [3.8, 4) is 11.8 Å². The molecule has 0 heterocycles. The topological polar surface area (TPSA) is 26.0 Å². The standard InChI is InChI=1S/C8H15NS/c1-3-5-6-10-7-8(9)4-2/h8H,4,6-7,9H2,1-2H3. The molecular weight excluding hydrogens is 142 g/mol. The summed E-state index contributed by atoms with van der Waals surface area (Å²) in [6, 6.07) is 0.351. The van der Waals surface area contributed by atoms with Crippen molar-refractivity contribution >= 4 is 11.8 Å². The van der Waals surface area contributed by atoms with Crippen LogP contribution in [0.4, 0.5) is 0 Å². The van der Waals surface area contributed by atoms with Gasteiger partial charge in [0.25, 0.3) is 0 Å². The average Bonchev–Trinajstić information content (AvgIpc) is 1.98. The van der Waals surface area contributed by atoms with Crippen molar-refractivity contribution in [1.82, 2.24) is 0 Å². The minimum atomic E-state index is 0.351. The molecule has 0 aromatic rings. The van der Waals surface area contributed by atoms with Gasteiger partial charge in [-0.15, -0.1) is 17.7 Å². The monoisotopic (exact) mass is 157 g/mol. The summed E-state index contributed by atoms with van der Waals surface area (Å²) in [7, 11) is 0. The minimum Gasteiger partial charge on any atom is -0.327 e. The van der Waals surface area contributed by atoms with Crippen molar-refractivity contribution in [3.63, 3.8) is 0 Å². The van der Waals surface area contributed by atoms with Crippen LogP contribution in [0.3, 0.4) is 0 Å². The summed E-state index contributed by atoms with van der Waals surface area (Å²) in [5.74, 6) is 7.79. The number of hydrogen-bond donors (Lipinski definition) is 1. The van der Waals surface area contributed by atoms with Crippen LogP contribution >= 0.6 is 11.8 Å². The van der Waals surface area contributed by atoms with E-state index in [0.717, 1.165) is 17.9 Å². The lowest BCUT2D eigenvalue weighted by Crippen LogP contribution is -2.21. The molecule has 0 saturated heterocycles. The van der Waals surface area contributed by atoms with Crippen LogP contribution in [0.5, 0.6) is 0 Å². The number of rotatable bonds is 4. The second kappa shape index (κ2) is 6.98. The van der Waals surface area contributed by atoms with Crippen molar-refractivity contribution < 1.29 is 0 Å². The molecule has 2 heteroatoms. The van der Waals surface area contributed by atoms with Gasteiger partial charge in [-0.2, -0.15) is 0 Å². The zero-order valence-corrected chi connectivity index (χ0v) is 7.50. The Bertz CT molecular complexity index is 123. The molecule has 0 rings (SSSR count). The van der Waals surface area contributed by atoms with Gasteiger partial charge < -0.3 is 5.73 Å². The van der Waals surface area contributed by atoms with E-state index in [4.69, 9.17) is 5.73 Å². The maximum Gasteiger partial charge on any atom is 0.0547 e. The van der Waals surface area contributed by atoms with Gasteiger partial charge >= 0.3 is 0 Å². The van der Waals surface area contributed by atoms with Gasteiger partial charge in [-0.1, -0.05) is 12.8 Å². The Balaban J connectivity index is 3.08. The zero-order valence-electron chi connectivity index (χ0n) is 6.68. The van der Waals surface area contributed by atoms with Crippen LogP contribution in [0.2, 0.25) is 0 Å². The fourth-order valence-corrected chi connectivity index (χ4v) is 1.35. The predicted octanol–water partition coefficient (Wildman–Crippen LogP) is 1.48. The Morgan fingerprint density at radius 1 is 1.60 bits per heavy atom. The first kappa shape index (κ1) is 9.87. The van der Waals surface area contributed by atoms with Crippen molar-refractivity contribution in [2.45, 2.75) is 26.3 Å². The van der Waals surface area contributed by atoms with E-state index in [9.17, 15) is 0 Å². The van der Waals surface area contributed by atoms with Gasteiger partial charge in [0, 0.05) is 11.8 Å². The van der Waals surface area contributed by atoms with Crippen LogP contribution in [0.1, 0.15) is 20.3 Å². The highest BCUT2D eigenvalue weighted by molar-refractivity contribution is 7.99. The third-order valence-electron chi connectivity index (χ3n) is 1.21. The fourth-order valence-electron chi connectivity index (χ4n) is 0.451. The Kier molecular flexibility index (Phi) is 6.89. The molecule has 0 radical (unpaired) electrons. The van der Waals surface area contributed by atoms with Crippen LogP contribution in [-0.4, -0.2) is 17.5 Å². The van der Waals surface area contributed by atoms with E-state index in [1.165, 1.54) is 0 Å². The van der Waals surface area contributed by atoms with Gasteiger partial charge in [-0.3, -0.25) is 0 Å². The molecule has 1 atom stereocenters. The molecule has 0 aromatic carbocycles. The van der Waals surface area contributed by atoms with Crippen molar-refractivity contribution in [1.29, 1.82) is 0 Å². The van der Waals surface area contributed by atoms with Crippen molar-refractivity contribution in [3.05, 3.63) is 0 Å². The first-order valence-electron chi connectivity index (χ1n) is 3.54. The quantitative estimate of drug-likeness (QED) is 0.494. The molecular formula is C8H15NS. The second-order valence-corrected chi connectivity index (χ2v) is 3.14. The smallest absolute Gasteiger partial charge is 0.0547 e.